The topological polar surface area (TPSA) is 55.5 Å². The molecule has 1 aromatic carbocycles. The zero-order valence-electron chi connectivity index (χ0n) is 9.36. The Balaban J connectivity index is 2.69. The van der Waals surface area contributed by atoms with Crippen LogP contribution >= 0.6 is 0 Å². The summed E-state index contributed by atoms with van der Waals surface area (Å²) < 4.78 is 5.30. The van der Waals surface area contributed by atoms with Gasteiger partial charge in [0.15, 0.2) is 11.5 Å². The summed E-state index contributed by atoms with van der Waals surface area (Å²) in [7, 11) is 0. The highest BCUT2D eigenvalue weighted by Gasteiger charge is 2.04. The summed E-state index contributed by atoms with van der Waals surface area (Å²) in [6.07, 6.45) is 1.86. The standard InChI is InChI=1S/C12H19NO2/c1-3-15-12-8-10(5-4-9(2)13)6-7-11(12)14/h6-9,14H,3-5,13H2,1-2H3/t9-/m0/s1. The molecule has 84 valence electrons. The number of hydrogen-bond acceptors (Lipinski definition) is 3. The lowest BCUT2D eigenvalue weighted by molar-refractivity contribution is 0.317. The molecule has 1 atom stereocenters. The fraction of sp³-hybridized carbons (Fsp3) is 0.500. The monoisotopic (exact) mass is 209 g/mol. The second-order valence-corrected chi connectivity index (χ2v) is 3.75. The van der Waals surface area contributed by atoms with Crippen LogP contribution < -0.4 is 10.5 Å². The molecule has 3 N–H and O–H groups in total. The van der Waals surface area contributed by atoms with Gasteiger partial charge in [0.25, 0.3) is 0 Å². The van der Waals surface area contributed by atoms with Gasteiger partial charge in [0, 0.05) is 6.04 Å². The minimum absolute atomic E-state index is 0.196. The molecule has 0 heterocycles. The molecule has 1 rings (SSSR count). The van der Waals surface area contributed by atoms with Gasteiger partial charge >= 0.3 is 0 Å². The van der Waals surface area contributed by atoms with Crippen LogP contribution in [0, 0.1) is 0 Å². The van der Waals surface area contributed by atoms with Crippen molar-refractivity contribution in [2.75, 3.05) is 6.61 Å². The van der Waals surface area contributed by atoms with E-state index < -0.39 is 0 Å². The largest absolute Gasteiger partial charge is 0.504 e. The van der Waals surface area contributed by atoms with Crippen LogP contribution in [-0.2, 0) is 6.42 Å². The van der Waals surface area contributed by atoms with Crippen LogP contribution in [0.5, 0.6) is 11.5 Å². The maximum Gasteiger partial charge on any atom is 0.161 e. The number of ether oxygens (including phenoxy) is 1. The van der Waals surface area contributed by atoms with E-state index in [4.69, 9.17) is 10.5 Å². The molecule has 0 fully saturated rings. The molecule has 0 amide bonds. The summed E-state index contributed by atoms with van der Waals surface area (Å²) >= 11 is 0. The molecular formula is C12H19NO2. The van der Waals surface area contributed by atoms with Crippen molar-refractivity contribution in [1.82, 2.24) is 0 Å². The molecule has 0 spiro atoms. The van der Waals surface area contributed by atoms with E-state index in [1.54, 1.807) is 6.07 Å². The van der Waals surface area contributed by atoms with Gasteiger partial charge in [0.05, 0.1) is 6.61 Å². The van der Waals surface area contributed by atoms with E-state index >= 15 is 0 Å². The zero-order valence-corrected chi connectivity index (χ0v) is 9.36. The fourth-order valence-electron chi connectivity index (χ4n) is 1.38. The Labute approximate surface area is 90.9 Å². The van der Waals surface area contributed by atoms with Crippen molar-refractivity contribution in [3.63, 3.8) is 0 Å². The number of nitrogens with two attached hydrogens (primary N) is 1. The lowest BCUT2D eigenvalue weighted by atomic mass is 10.1. The van der Waals surface area contributed by atoms with Crippen molar-refractivity contribution in [2.45, 2.75) is 32.7 Å². The highest BCUT2D eigenvalue weighted by molar-refractivity contribution is 5.41. The second kappa shape index (κ2) is 5.61. The first-order chi connectivity index (χ1) is 7.13. The maximum atomic E-state index is 9.49. The number of phenols is 1. The third-order valence-electron chi connectivity index (χ3n) is 2.21. The molecule has 0 saturated carbocycles. The number of hydrogen-bond donors (Lipinski definition) is 2. The van der Waals surface area contributed by atoms with E-state index in [-0.39, 0.29) is 11.8 Å². The van der Waals surface area contributed by atoms with E-state index in [2.05, 4.69) is 0 Å². The Morgan fingerprint density at radius 2 is 2.20 bits per heavy atom. The molecule has 0 radical (unpaired) electrons. The quantitative estimate of drug-likeness (QED) is 0.780. The summed E-state index contributed by atoms with van der Waals surface area (Å²) in [5.41, 5.74) is 6.83. The van der Waals surface area contributed by atoms with Gasteiger partial charge in [-0.05, 0) is 44.4 Å². The maximum absolute atomic E-state index is 9.49. The fourth-order valence-corrected chi connectivity index (χ4v) is 1.38. The van der Waals surface area contributed by atoms with Crippen LogP contribution in [0.4, 0.5) is 0 Å². The Bertz CT molecular complexity index is 310. The first kappa shape index (κ1) is 11.9. The van der Waals surface area contributed by atoms with Crippen LogP contribution in [0.15, 0.2) is 18.2 Å². The highest BCUT2D eigenvalue weighted by atomic mass is 16.5. The van der Waals surface area contributed by atoms with Crippen molar-refractivity contribution in [3.05, 3.63) is 23.8 Å². The molecule has 0 unspecified atom stereocenters. The Hall–Kier alpha value is -1.22. The summed E-state index contributed by atoms with van der Waals surface area (Å²) in [5.74, 6) is 0.751. The molecule has 0 bridgehead atoms. The van der Waals surface area contributed by atoms with E-state index in [0.29, 0.717) is 12.4 Å². The van der Waals surface area contributed by atoms with E-state index in [0.717, 1.165) is 18.4 Å². The van der Waals surface area contributed by atoms with Crippen molar-refractivity contribution < 1.29 is 9.84 Å². The lowest BCUT2D eigenvalue weighted by Gasteiger charge is -2.09. The van der Waals surface area contributed by atoms with Gasteiger partial charge in [0.2, 0.25) is 0 Å². The van der Waals surface area contributed by atoms with Crippen molar-refractivity contribution in [3.8, 4) is 11.5 Å². The van der Waals surface area contributed by atoms with Gasteiger partial charge < -0.3 is 15.6 Å². The molecule has 0 saturated heterocycles. The average Bonchev–Trinajstić information content (AvgIpc) is 2.19. The molecule has 3 nitrogen and oxygen atoms in total. The number of rotatable bonds is 5. The van der Waals surface area contributed by atoms with Gasteiger partial charge in [-0.3, -0.25) is 0 Å². The van der Waals surface area contributed by atoms with Gasteiger partial charge in [-0.15, -0.1) is 0 Å². The van der Waals surface area contributed by atoms with Crippen LogP contribution in [0.2, 0.25) is 0 Å². The average molecular weight is 209 g/mol. The first-order valence-corrected chi connectivity index (χ1v) is 5.33. The van der Waals surface area contributed by atoms with Crippen molar-refractivity contribution in [1.29, 1.82) is 0 Å². The van der Waals surface area contributed by atoms with Gasteiger partial charge in [-0.25, -0.2) is 0 Å². The van der Waals surface area contributed by atoms with Crippen LogP contribution in [-0.4, -0.2) is 17.8 Å². The number of phenolic OH excluding ortho intramolecular Hbond substituents is 1. The lowest BCUT2D eigenvalue weighted by Crippen LogP contribution is -2.15. The van der Waals surface area contributed by atoms with Gasteiger partial charge in [-0.2, -0.15) is 0 Å². The Kier molecular flexibility index (Phi) is 4.43. The Morgan fingerprint density at radius 1 is 1.47 bits per heavy atom. The number of aryl methyl sites for hydroxylation is 1. The first-order valence-electron chi connectivity index (χ1n) is 5.33. The molecule has 3 heteroatoms. The summed E-state index contributed by atoms with van der Waals surface area (Å²) in [6.45, 7) is 4.45. The number of aromatic hydroxyl groups is 1. The smallest absolute Gasteiger partial charge is 0.161 e. The zero-order chi connectivity index (χ0) is 11.3. The minimum atomic E-state index is 0.196. The predicted molar refractivity (Wildman–Crippen MR) is 61.2 cm³/mol. The SMILES string of the molecule is CCOc1cc(CC[C@H](C)N)ccc1O. The molecule has 0 aliphatic rings. The molecule has 0 aliphatic carbocycles. The Morgan fingerprint density at radius 3 is 2.80 bits per heavy atom. The van der Waals surface area contributed by atoms with Crippen molar-refractivity contribution >= 4 is 0 Å². The van der Waals surface area contributed by atoms with E-state index in [9.17, 15) is 5.11 Å². The molecule has 0 aliphatic heterocycles. The molecule has 1 aromatic rings. The van der Waals surface area contributed by atoms with Crippen molar-refractivity contribution in [2.24, 2.45) is 5.73 Å². The van der Waals surface area contributed by atoms with E-state index in [1.165, 1.54) is 0 Å². The molecule has 0 aromatic heterocycles. The minimum Gasteiger partial charge on any atom is -0.504 e. The number of benzene rings is 1. The summed E-state index contributed by atoms with van der Waals surface area (Å²) in [4.78, 5) is 0. The van der Waals surface area contributed by atoms with Crippen LogP contribution in [0.1, 0.15) is 25.8 Å². The van der Waals surface area contributed by atoms with Gasteiger partial charge in [0.1, 0.15) is 0 Å². The normalized spacial score (nSPS) is 12.5. The van der Waals surface area contributed by atoms with Gasteiger partial charge in [-0.1, -0.05) is 6.07 Å². The van der Waals surface area contributed by atoms with Crippen LogP contribution in [0.25, 0.3) is 0 Å². The second-order valence-electron chi connectivity index (χ2n) is 3.75. The summed E-state index contributed by atoms with van der Waals surface area (Å²) in [5, 5.41) is 9.49. The van der Waals surface area contributed by atoms with E-state index in [1.807, 2.05) is 26.0 Å². The molecular weight excluding hydrogens is 190 g/mol. The third kappa shape index (κ3) is 3.80. The highest BCUT2D eigenvalue weighted by Crippen LogP contribution is 2.27. The summed E-state index contributed by atoms with van der Waals surface area (Å²) in [6, 6.07) is 5.65. The third-order valence-corrected chi connectivity index (χ3v) is 2.21. The predicted octanol–water partition coefficient (Wildman–Crippen LogP) is 2.07. The van der Waals surface area contributed by atoms with Crippen LogP contribution in [0.3, 0.4) is 0 Å². The molecule has 15 heavy (non-hydrogen) atoms.